The van der Waals surface area contributed by atoms with Crippen LogP contribution >= 0.6 is 15.6 Å². The van der Waals surface area contributed by atoms with Gasteiger partial charge in [0.2, 0.25) is 0 Å². The first-order valence-electron chi connectivity index (χ1n) is 37.7. The fraction of sp³-hybridized carbons (Fsp3) is 0.630. The van der Waals surface area contributed by atoms with Crippen LogP contribution in [0.2, 0.25) is 0 Å². The van der Waals surface area contributed by atoms with Crippen molar-refractivity contribution in [3.8, 4) is 0 Å². The van der Waals surface area contributed by atoms with Crippen molar-refractivity contribution in [3.63, 3.8) is 0 Å². The van der Waals surface area contributed by atoms with E-state index in [1.165, 1.54) is 38.5 Å². The number of aliphatic hydroxyl groups excluding tert-OH is 1. The third-order valence-electron chi connectivity index (χ3n) is 15.0. The number of carbonyl (C=O) groups excluding carboxylic acids is 4. The lowest BCUT2D eigenvalue weighted by Crippen LogP contribution is -2.30. The van der Waals surface area contributed by atoms with Crippen LogP contribution in [0.4, 0.5) is 0 Å². The Labute approximate surface area is 604 Å². The summed E-state index contributed by atoms with van der Waals surface area (Å²) >= 11 is 0. The van der Waals surface area contributed by atoms with Crippen molar-refractivity contribution in [2.75, 3.05) is 39.6 Å². The quantitative estimate of drug-likeness (QED) is 0.0169. The molecule has 0 saturated heterocycles. The standard InChI is InChI=1S/C81H132O17P2/c1-5-9-13-17-21-25-29-32-35-37-40-42-46-49-53-57-61-65-78(83)91-71-76(97-80(85)67-63-59-55-51-45-28-24-20-16-12-8-4)73-95-99(87,88)93-69-75(82)70-94-100(89,90)96-74-77(98-81(86)68-64-60-56-52-48-44-39-34-31-27-23-19-15-11-7-3)72-92-79(84)66-62-58-54-50-47-43-41-38-36-33-30-26-22-18-14-10-6-2/h9-11,13-15,21-23,25-27,32-36,39-43,48,52,60,64,75-77,82H,5-8,12,16-20,24,28-31,37-38,44-47,49-51,53-59,61-63,65-74H2,1-4H3,(H,87,88)(H,89,90)/b13-9-,14-10-,15-11-,25-21-,26-22-,27-23-,35-32-,36-33-,39-34-,42-40-,43-41-,52-48-,64-60-. The number of esters is 4. The Morgan fingerprint density at radius 2 is 0.560 bits per heavy atom. The molecule has 0 aromatic carbocycles. The summed E-state index contributed by atoms with van der Waals surface area (Å²) in [7, 11) is -10.0. The lowest BCUT2D eigenvalue weighted by atomic mass is 10.1. The van der Waals surface area contributed by atoms with Crippen LogP contribution in [0.15, 0.2) is 158 Å². The van der Waals surface area contributed by atoms with Gasteiger partial charge in [-0.25, -0.2) is 9.13 Å². The van der Waals surface area contributed by atoms with Gasteiger partial charge in [-0.3, -0.25) is 37.3 Å². The van der Waals surface area contributed by atoms with Gasteiger partial charge in [0, 0.05) is 19.3 Å². The molecule has 100 heavy (non-hydrogen) atoms. The number of ether oxygens (including phenoxy) is 4. The van der Waals surface area contributed by atoms with Gasteiger partial charge in [-0.2, -0.15) is 0 Å². The van der Waals surface area contributed by atoms with Gasteiger partial charge in [-0.15, -0.1) is 0 Å². The number of unbranched alkanes of at least 4 members (excludes halogenated alkanes) is 18. The molecule has 3 N–H and O–H groups in total. The smallest absolute Gasteiger partial charge is 0.462 e. The number of aliphatic hydroxyl groups is 1. The van der Waals surface area contributed by atoms with Gasteiger partial charge in [-0.05, 0) is 128 Å². The van der Waals surface area contributed by atoms with Crippen LogP contribution in [0.25, 0.3) is 0 Å². The molecule has 0 aromatic heterocycles. The highest BCUT2D eigenvalue weighted by molar-refractivity contribution is 7.47. The largest absolute Gasteiger partial charge is 0.472 e. The molecule has 0 saturated carbocycles. The van der Waals surface area contributed by atoms with E-state index in [4.69, 9.17) is 37.0 Å². The maximum absolute atomic E-state index is 13.1. The minimum atomic E-state index is -5.01. The van der Waals surface area contributed by atoms with Crippen molar-refractivity contribution in [3.05, 3.63) is 158 Å². The summed E-state index contributed by atoms with van der Waals surface area (Å²) < 4.78 is 68.2. The molecular formula is C81H132O17P2. The molecule has 19 heteroatoms. The molecule has 0 aromatic rings. The average molecular weight is 1440 g/mol. The molecule has 0 rings (SSSR count). The van der Waals surface area contributed by atoms with Crippen molar-refractivity contribution >= 4 is 39.5 Å². The van der Waals surface area contributed by atoms with Gasteiger partial charge in [0.05, 0.1) is 32.8 Å². The van der Waals surface area contributed by atoms with Gasteiger partial charge in [0.15, 0.2) is 12.2 Å². The van der Waals surface area contributed by atoms with Gasteiger partial charge in [0.25, 0.3) is 0 Å². The molecule has 0 heterocycles. The third-order valence-corrected chi connectivity index (χ3v) is 16.9. The Morgan fingerprint density at radius 1 is 0.300 bits per heavy atom. The summed E-state index contributed by atoms with van der Waals surface area (Å²) in [4.78, 5) is 72.7. The van der Waals surface area contributed by atoms with Gasteiger partial charge < -0.3 is 33.8 Å². The van der Waals surface area contributed by atoms with E-state index in [0.717, 1.165) is 154 Å². The predicted molar refractivity (Wildman–Crippen MR) is 408 cm³/mol. The Morgan fingerprint density at radius 3 is 0.890 bits per heavy atom. The lowest BCUT2D eigenvalue weighted by Gasteiger charge is -2.21. The second-order valence-corrected chi connectivity index (χ2v) is 27.4. The summed E-state index contributed by atoms with van der Waals surface area (Å²) in [6.07, 6.45) is 82.7. The van der Waals surface area contributed by atoms with Gasteiger partial charge in [-0.1, -0.05) is 276 Å². The fourth-order valence-electron chi connectivity index (χ4n) is 9.39. The SMILES string of the molecule is CC/C=C\C/C=C\C/C=C\C/C=C\C/C=C\CC(=O)OC(COC(=O)CCCCCC/C=C\C/C=C\C/C=C\C/C=C\CC)COP(=O)(O)OCC(O)COP(=O)(O)OCC(COC(=O)CCCCCC/C=C\C/C=C\C/C=C\C/C=C\CC)OC(=O)CCCCCCCCCCCCC. The first-order valence-corrected chi connectivity index (χ1v) is 40.7. The maximum Gasteiger partial charge on any atom is 0.472 e. The summed E-state index contributed by atoms with van der Waals surface area (Å²) in [5, 5.41) is 10.6. The zero-order valence-corrected chi connectivity index (χ0v) is 63.6. The Hall–Kier alpha value is -5.32. The molecule has 5 atom stereocenters. The van der Waals surface area contributed by atoms with Crippen molar-refractivity contribution in [1.29, 1.82) is 0 Å². The number of phosphoric acid groups is 2. The van der Waals surface area contributed by atoms with Crippen molar-refractivity contribution < 1.29 is 80.2 Å². The minimum absolute atomic E-state index is 0.0840. The van der Waals surface area contributed by atoms with Crippen LogP contribution in [0.1, 0.15) is 272 Å². The van der Waals surface area contributed by atoms with Gasteiger partial charge in [0.1, 0.15) is 19.3 Å². The molecule has 17 nitrogen and oxygen atoms in total. The molecule has 568 valence electrons. The zero-order valence-electron chi connectivity index (χ0n) is 61.8. The molecule has 5 unspecified atom stereocenters. The van der Waals surface area contributed by atoms with E-state index in [0.29, 0.717) is 25.7 Å². The van der Waals surface area contributed by atoms with Crippen molar-refractivity contribution in [2.24, 2.45) is 0 Å². The topological polar surface area (TPSA) is 237 Å². The molecule has 0 radical (unpaired) electrons. The summed E-state index contributed by atoms with van der Waals surface area (Å²) in [5.41, 5.74) is 0. The van der Waals surface area contributed by atoms with Crippen molar-refractivity contribution in [2.45, 2.75) is 290 Å². The summed E-state index contributed by atoms with van der Waals surface area (Å²) in [6.45, 7) is 4.33. The predicted octanol–water partition coefficient (Wildman–Crippen LogP) is 21.7. The van der Waals surface area contributed by atoms with Crippen LogP contribution in [0.3, 0.4) is 0 Å². The summed E-state index contributed by atoms with van der Waals surface area (Å²) in [5.74, 6) is -2.39. The van der Waals surface area contributed by atoms with Crippen LogP contribution in [-0.4, -0.2) is 96.7 Å². The Balaban J connectivity index is 5.45. The molecule has 0 amide bonds. The number of phosphoric ester groups is 2. The Bertz CT molecular complexity index is 2520. The van der Waals surface area contributed by atoms with E-state index in [-0.39, 0.29) is 25.7 Å². The minimum Gasteiger partial charge on any atom is -0.462 e. The van der Waals surface area contributed by atoms with Gasteiger partial charge >= 0.3 is 39.5 Å². The van der Waals surface area contributed by atoms with E-state index in [1.54, 1.807) is 12.2 Å². The van der Waals surface area contributed by atoms with E-state index in [1.807, 2.05) is 12.2 Å². The number of hydrogen-bond acceptors (Lipinski definition) is 15. The highest BCUT2D eigenvalue weighted by Crippen LogP contribution is 2.45. The molecule has 0 bridgehead atoms. The van der Waals surface area contributed by atoms with E-state index in [2.05, 4.69) is 161 Å². The normalized spacial score (nSPS) is 14.8. The third kappa shape index (κ3) is 71.1. The average Bonchev–Trinajstić information content (AvgIpc) is 1.02. The first kappa shape index (κ1) is 94.7. The summed E-state index contributed by atoms with van der Waals surface area (Å²) in [6, 6.07) is 0. The fourth-order valence-corrected chi connectivity index (χ4v) is 11.0. The number of carbonyl (C=O) groups is 4. The molecular weight excluding hydrogens is 1310 g/mol. The Kier molecular flexibility index (Phi) is 68.2. The molecule has 0 aliphatic heterocycles. The van der Waals surface area contributed by atoms with E-state index in [9.17, 15) is 43.2 Å². The lowest BCUT2D eigenvalue weighted by molar-refractivity contribution is -0.161. The van der Waals surface area contributed by atoms with Crippen LogP contribution in [0, 0.1) is 0 Å². The first-order chi connectivity index (χ1) is 48.7. The number of hydrogen-bond donors (Lipinski definition) is 3. The van der Waals surface area contributed by atoms with Crippen molar-refractivity contribution in [1.82, 2.24) is 0 Å². The zero-order chi connectivity index (χ0) is 73.2. The number of allylic oxidation sites excluding steroid dienone is 25. The second-order valence-electron chi connectivity index (χ2n) is 24.5. The molecule has 0 aliphatic rings. The maximum atomic E-state index is 13.1. The number of rotatable bonds is 69. The van der Waals surface area contributed by atoms with E-state index < -0.39 is 97.5 Å². The highest BCUT2D eigenvalue weighted by atomic mass is 31.2. The van der Waals surface area contributed by atoms with Crippen LogP contribution in [-0.2, 0) is 65.4 Å². The molecule has 0 aliphatic carbocycles. The second kappa shape index (κ2) is 72.0. The monoisotopic (exact) mass is 1440 g/mol. The molecule has 0 spiro atoms. The highest BCUT2D eigenvalue weighted by Gasteiger charge is 2.30. The van der Waals surface area contributed by atoms with Crippen LogP contribution < -0.4 is 0 Å². The van der Waals surface area contributed by atoms with Crippen LogP contribution in [0.5, 0.6) is 0 Å². The van der Waals surface area contributed by atoms with E-state index >= 15 is 0 Å². The molecule has 0 fully saturated rings.